The molecule has 0 atom stereocenters. The van der Waals surface area contributed by atoms with Gasteiger partial charge in [-0.05, 0) is 46.9 Å². The highest BCUT2D eigenvalue weighted by Gasteiger charge is 1.99. The minimum absolute atomic E-state index is 0.563. The number of halogens is 1. The molecule has 3 nitrogen and oxygen atoms in total. The van der Waals surface area contributed by atoms with Gasteiger partial charge in [0.05, 0.1) is 11.3 Å². The lowest BCUT2D eigenvalue weighted by Gasteiger charge is -2.06. The van der Waals surface area contributed by atoms with Crippen molar-refractivity contribution < 1.29 is 0 Å². The van der Waals surface area contributed by atoms with E-state index in [2.05, 4.69) is 32.9 Å². The van der Waals surface area contributed by atoms with Crippen LogP contribution in [0.5, 0.6) is 0 Å². The highest BCUT2D eigenvalue weighted by atomic mass is 127. The van der Waals surface area contributed by atoms with Crippen molar-refractivity contribution in [2.24, 2.45) is 0 Å². The number of benzene rings is 1. The first kappa shape index (κ1) is 10.9. The van der Waals surface area contributed by atoms with E-state index in [0.717, 1.165) is 15.1 Å². The maximum atomic E-state index is 8.65. The van der Waals surface area contributed by atoms with Crippen LogP contribution in [0.2, 0.25) is 0 Å². The number of aromatic nitrogens is 1. The Morgan fingerprint density at radius 1 is 1.19 bits per heavy atom. The fourth-order valence-corrected chi connectivity index (χ4v) is 1.76. The highest BCUT2D eigenvalue weighted by molar-refractivity contribution is 14.1. The molecule has 0 radical (unpaired) electrons. The Bertz CT molecular complexity index is 529. The van der Waals surface area contributed by atoms with Gasteiger partial charge in [-0.1, -0.05) is 12.1 Å². The molecule has 4 heteroatoms. The maximum absolute atomic E-state index is 8.65. The van der Waals surface area contributed by atoms with Crippen LogP contribution in [-0.4, -0.2) is 4.98 Å². The largest absolute Gasteiger partial charge is 0.339 e. The molecule has 0 aliphatic rings. The number of nitriles is 1. The van der Waals surface area contributed by atoms with Gasteiger partial charge in [0.15, 0.2) is 0 Å². The van der Waals surface area contributed by atoms with Gasteiger partial charge in [0.1, 0.15) is 11.9 Å². The maximum Gasteiger partial charge on any atom is 0.130 e. The van der Waals surface area contributed by atoms with Crippen molar-refractivity contribution in [1.29, 1.82) is 5.26 Å². The summed E-state index contributed by atoms with van der Waals surface area (Å²) in [5.74, 6) is 0.739. The van der Waals surface area contributed by atoms with E-state index in [4.69, 9.17) is 5.26 Å². The number of pyridine rings is 1. The van der Waals surface area contributed by atoms with E-state index in [-0.39, 0.29) is 0 Å². The second kappa shape index (κ2) is 4.94. The number of hydrogen-bond acceptors (Lipinski definition) is 3. The zero-order chi connectivity index (χ0) is 11.4. The van der Waals surface area contributed by atoms with E-state index in [1.807, 2.05) is 30.3 Å². The first-order chi connectivity index (χ1) is 7.79. The van der Waals surface area contributed by atoms with Gasteiger partial charge in [-0.15, -0.1) is 0 Å². The van der Waals surface area contributed by atoms with E-state index in [1.165, 1.54) is 0 Å². The molecule has 0 unspecified atom stereocenters. The highest BCUT2D eigenvalue weighted by Crippen LogP contribution is 2.20. The van der Waals surface area contributed by atoms with E-state index < -0.39 is 0 Å². The van der Waals surface area contributed by atoms with Crippen molar-refractivity contribution in [2.75, 3.05) is 5.32 Å². The standard InChI is InChI=1S/C12H8IN3/c13-10-3-1-2-4-11(10)16-12-6-5-9(7-14)8-15-12/h1-6,8H,(H,15,16). The summed E-state index contributed by atoms with van der Waals surface area (Å²) in [6.45, 7) is 0. The van der Waals surface area contributed by atoms with Crippen LogP contribution in [0.1, 0.15) is 5.56 Å². The Morgan fingerprint density at radius 3 is 2.62 bits per heavy atom. The zero-order valence-corrected chi connectivity index (χ0v) is 10.5. The monoisotopic (exact) mass is 321 g/mol. The smallest absolute Gasteiger partial charge is 0.130 e. The second-order valence-corrected chi connectivity index (χ2v) is 4.31. The number of rotatable bonds is 2. The van der Waals surface area contributed by atoms with Gasteiger partial charge < -0.3 is 5.32 Å². The van der Waals surface area contributed by atoms with E-state index in [9.17, 15) is 0 Å². The SMILES string of the molecule is N#Cc1ccc(Nc2ccccc2I)nc1. The Labute approximate surface area is 107 Å². The van der Waals surface area contributed by atoms with Crippen molar-refractivity contribution in [3.05, 3.63) is 51.7 Å². The molecular weight excluding hydrogens is 313 g/mol. The summed E-state index contributed by atoms with van der Waals surface area (Å²) in [7, 11) is 0. The Balaban J connectivity index is 2.22. The molecule has 0 fully saturated rings. The van der Waals surface area contributed by atoms with Gasteiger partial charge >= 0.3 is 0 Å². The van der Waals surface area contributed by atoms with Crippen molar-refractivity contribution in [3.63, 3.8) is 0 Å². The first-order valence-corrected chi connectivity index (χ1v) is 5.75. The third-order valence-corrected chi connectivity index (χ3v) is 2.97. The van der Waals surface area contributed by atoms with Crippen LogP contribution in [0.3, 0.4) is 0 Å². The zero-order valence-electron chi connectivity index (χ0n) is 8.31. The summed E-state index contributed by atoms with van der Waals surface area (Å²) in [4.78, 5) is 4.15. The van der Waals surface area contributed by atoms with Gasteiger partial charge in [0, 0.05) is 9.77 Å². The van der Waals surface area contributed by atoms with Crippen LogP contribution in [0.25, 0.3) is 0 Å². The molecular formula is C12H8IN3. The van der Waals surface area contributed by atoms with E-state index >= 15 is 0 Å². The van der Waals surface area contributed by atoms with Crippen molar-refractivity contribution in [2.45, 2.75) is 0 Å². The van der Waals surface area contributed by atoms with Gasteiger partial charge in [-0.3, -0.25) is 0 Å². The van der Waals surface area contributed by atoms with Crippen LogP contribution >= 0.6 is 22.6 Å². The van der Waals surface area contributed by atoms with E-state index in [1.54, 1.807) is 18.3 Å². The minimum atomic E-state index is 0.563. The minimum Gasteiger partial charge on any atom is -0.339 e. The van der Waals surface area contributed by atoms with E-state index in [0.29, 0.717) is 5.56 Å². The van der Waals surface area contributed by atoms with Crippen LogP contribution in [0.15, 0.2) is 42.6 Å². The molecule has 0 aliphatic carbocycles. The third kappa shape index (κ3) is 2.49. The van der Waals surface area contributed by atoms with Crippen LogP contribution in [0.4, 0.5) is 11.5 Å². The summed E-state index contributed by atoms with van der Waals surface area (Å²) < 4.78 is 1.13. The second-order valence-electron chi connectivity index (χ2n) is 3.15. The Hall–Kier alpha value is -1.61. The fraction of sp³-hybridized carbons (Fsp3) is 0. The van der Waals surface area contributed by atoms with Crippen molar-refractivity contribution >= 4 is 34.1 Å². The molecule has 1 aromatic heterocycles. The molecule has 0 amide bonds. The predicted molar refractivity (Wildman–Crippen MR) is 71.4 cm³/mol. The number of nitrogens with zero attached hydrogens (tertiary/aromatic N) is 2. The predicted octanol–water partition coefficient (Wildman–Crippen LogP) is 3.30. The summed E-state index contributed by atoms with van der Waals surface area (Å²) in [5, 5.41) is 11.8. The molecule has 78 valence electrons. The number of para-hydroxylation sites is 1. The average molecular weight is 321 g/mol. The molecule has 1 N–H and O–H groups in total. The molecule has 16 heavy (non-hydrogen) atoms. The lowest BCUT2D eigenvalue weighted by molar-refractivity contribution is 1.28. The summed E-state index contributed by atoms with van der Waals surface area (Å²) in [6, 6.07) is 13.5. The van der Waals surface area contributed by atoms with Crippen molar-refractivity contribution in [3.8, 4) is 6.07 Å². The number of hydrogen-bond donors (Lipinski definition) is 1. The molecule has 2 aromatic rings. The van der Waals surface area contributed by atoms with Gasteiger partial charge in [-0.2, -0.15) is 5.26 Å². The average Bonchev–Trinajstić information content (AvgIpc) is 2.33. The quantitative estimate of drug-likeness (QED) is 0.864. The van der Waals surface area contributed by atoms with Gasteiger partial charge in [0.25, 0.3) is 0 Å². The molecule has 0 saturated carbocycles. The molecule has 0 spiro atoms. The van der Waals surface area contributed by atoms with Crippen molar-refractivity contribution in [1.82, 2.24) is 4.98 Å². The fourth-order valence-electron chi connectivity index (χ4n) is 1.23. The lowest BCUT2D eigenvalue weighted by Crippen LogP contribution is -1.95. The molecule has 0 bridgehead atoms. The molecule has 0 saturated heterocycles. The van der Waals surface area contributed by atoms with Crippen LogP contribution in [0, 0.1) is 14.9 Å². The van der Waals surface area contributed by atoms with Gasteiger partial charge in [-0.25, -0.2) is 4.98 Å². The van der Waals surface area contributed by atoms with Crippen LogP contribution < -0.4 is 5.32 Å². The third-order valence-electron chi connectivity index (χ3n) is 2.03. The Morgan fingerprint density at radius 2 is 2.00 bits per heavy atom. The molecule has 1 heterocycles. The summed E-state index contributed by atoms with van der Waals surface area (Å²) in [5.41, 5.74) is 1.58. The molecule has 1 aromatic carbocycles. The summed E-state index contributed by atoms with van der Waals surface area (Å²) in [6.07, 6.45) is 1.55. The number of anilines is 2. The normalized spacial score (nSPS) is 9.50. The lowest BCUT2D eigenvalue weighted by atomic mass is 10.3. The topological polar surface area (TPSA) is 48.7 Å². The van der Waals surface area contributed by atoms with Gasteiger partial charge in [0.2, 0.25) is 0 Å². The first-order valence-electron chi connectivity index (χ1n) is 4.67. The molecule has 0 aliphatic heterocycles. The molecule has 2 rings (SSSR count). The number of nitrogens with one attached hydrogen (secondary N) is 1. The van der Waals surface area contributed by atoms with Crippen LogP contribution in [-0.2, 0) is 0 Å². The Kier molecular flexibility index (Phi) is 3.37. The summed E-state index contributed by atoms with van der Waals surface area (Å²) >= 11 is 2.26.